The molecule has 0 atom stereocenters. The minimum Gasteiger partial charge on any atom is -0.343 e. The first kappa shape index (κ1) is 17.2. The minimum atomic E-state index is -4.55. The average molecular weight is 373 g/mol. The fourth-order valence-corrected chi connectivity index (χ4v) is 2.50. The number of aromatic nitrogens is 5. The topological polar surface area (TPSA) is 77.1 Å². The normalized spacial score (nSPS) is 11.9. The molecule has 0 aliphatic carbocycles. The van der Waals surface area contributed by atoms with E-state index in [9.17, 15) is 18.0 Å². The minimum absolute atomic E-state index is 0.0355. The molecule has 3 heterocycles. The third-order valence-electron chi connectivity index (χ3n) is 3.47. The molecule has 11 heteroatoms. The van der Waals surface area contributed by atoms with Crippen LogP contribution >= 0.6 is 11.6 Å². The van der Waals surface area contributed by atoms with Crippen LogP contribution in [0.15, 0.2) is 24.5 Å². The molecule has 3 aromatic heterocycles. The summed E-state index contributed by atoms with van der Waals surface area (Å²) in [5.41, 5.74) is -1.19. The third-order valence-corrected chi connectivity index (χ3v) is 3.75. The maximum absolute atomic E-state index is 13.0. The highest BCUT2D eigenvalue weighted by molar-refractivity contribution is 6.33. The third kappa shape index (κ3) is 3.29. The number of fused-ring (bicyclic) bond motifs is 1. The fraction of sp³-hybridized carbons (Fsp3) is 0.286. The van der Waals surface area contributed by atoms with Crippen LogP contribution in [-0.2, 0) is 19.3 Å². The van der Waals surface area contributed by atoms with Gasteiger partial charge in [0, 0.05) is 18.9 Å². The largest absolute Gasteiger partial charge is 0.420 e. The highest BCUT2D eigenvalue weighted by Gasteiger charge is 2.34. The summed E-state index contributed by atoms with van der Waals surface area (Å²) in [6.45, 7) is 2.25. The predicted molar refractivity (Wildman–Crippen MR) is 82.1 cm³/mol. The average Bonchev–Trinajstić information content (AvgIpc) is 3.14. The lowest BCUT2D eigenvalue weighted by molar-refractivity contribution is -0.136. The molecule has 1 amide bonds. The van der Waals surface area contributed by atoms with E-state index in [0.29, 0.717) is 6.54 Å². The number of carbonyl (C=O) groups excluding carboxylic acids is 1. The van der Waals surface area contributed by atoms with Gasteiger partial charge in [-0.1, -0.05) is 11.6 Å². The number of rotatable bonds is 4. The number of amides is 1. The highest BCUT2D eigenvalue weighted by Crippen LogP contribution is 2.31. The number of hydrogen-bond acceptors (Lipinski definition) is 4. The van der Waals surface area contributed by atoms with E-state index in [2.05, 4.69) is 20.6 Å². The molecule has 0 unspecified atom stereocenters. The summed E-state index contributed by atoms with van der Waals surface area (Å²) < 4.78 is 41.6. The van der Waals surface area contributed by atoms with Crippen molar-refractivity contribution in [3.63, 3.8) is 0 Å². The second-order valence-corrected chi connectivity index (χ2v) is 5.50. The molecule has 3 aromatic rings. The number of hydrogen-bond donors (Lipinski definition) is 1. The molecule has 132 valence electrons. The van der Waals surface area contributed by atoms with Gasteiger partial charge >= 0.3 is 6.18 Å². The van der Waals surface area contributed by atoms with Gasteiger partial charge in [0.1, 0.15) is 5.56 Å². The van der Waals surface area contributed by atoms with E-state index in [-0.39, 0.29) is 28.7 Å². The van der Waals surface area contributed by atoms with Crippen molar-refractivity contribution in [2.45, 2.75) is 26.2 Å². The molecule has 0 aliphatic rings. The number of carbonyl (C=O) groups is 1. The Bertz CT molecular complexity index is 932. The van der Waals surface area contributed by atoms with Crippen molar-refractivity contribution in [3.05, 3.63) is 46.6 Å². The Morgan fingerprint density at radius 1 is 1.36 bits per heavy atom. The van der Waals surface area contributed by atoms with Gasteiger partial charge in [-0.25, -0.2) is 0 Å². The quantitative estimate of drug-likeness (QED) is 0.763. The summed E-state index contributed by atoms with van der Waals surface area (Å²) in [5, 5.41) is 14.0. The monoisotopic (exact) mass is 372 g/mol. The summed E-state index contributed by atoms with van der Waals surface area (Å²) in [5.74, 6) is -0.401. The summed E-state index contributed by atoms with van der Waals surface area (Å²) >= 11 is 5.94. The number of nitrogens with zero attached hydrogens (tertiary/aromatic N) is 5. The van der Waals surface area contributed by atoms with Gasteiger partial charge in [0.25, 0.3) is 5.91 Å². The zero-order chi connectivity index (χ0) is 18.2. The van der Waals surface area contributed by atoms with Crippen LogP contribution in [0.3, 0.4) is 0 Å². The van der Waals surface area contributed by atoms with Crippen molar-refractivity contribution >= 4 is 23.2 Å². The second-order valence-electron chi connectivity index (χ2n) is 5.09. The molecule has 7 nitrogen and oxygen atoms in total. The lowest BCUT2D eigenvalue weighted by Crippen LogP contribution is -2.25. The van der Waals surface area contributed by atoms with Gasteiger partial charge in [-0.15, -0.1) is 10.2 Å². The zero-order valence-corrected chi connectivity index (χ0v) is 13.6. The van der Waals surface area contributed by atoms with Gasteiger partial charge in [-0.3, -0.25) is 13.9 Å². The smallest absolute Gasteiger partial charge is 0.343 e. The van der Waals surface area contributed by atoms with Crippen LogP contribution in [0.4, 0.5) is 13.2 Å². The van der Waals surface area contributed by atoms with E-state index in [0.717, 1.165) is 6.07 Å². The first-order chi connectivity index (χ1) is 11.8. The first-order valence-electron chi connectivity index (χ1n) is 7.22. The predicted octanol–water partition coefficient (Wildman–Crippen LogP) is 2.55. The second kappa shape index (κ2) is 6.36. The number of nitrogens with one attached hydrogen (secondary N) is 1. The Labute approximate surface area is 144 Å². The first-order valence-corrected chi connectivity index (χ1v) is 7.60. The summed E-state index contributed by atoms with van der Waals surface area (Å²) in [4.78, 5) is 12.1. The van der Waals surface area contributed by atoms with Crippen LogP contribution in [0.5, 0.6) is 0 Å². The van der Waals surface area contributed by atoms with Crippen molar-refractivity contribution in [3.8, 4) is 0 Å². The van der Waals surface area contributed by atoms with Crippen molar-refractivity contribution in [1.82, 2.24) is 29.7 Å². The SMILES string of the molecule is CCn1cc(Cl)c(C(=O)NCc2nnc3c(C(F)(F)F)cccn23)n1. The van der Waals surface area contributed by atoms with Gasteiger partial charge in [-0.2, -0.15) is 18.3 Å². The van der Waals surface area contributed by atoms with Crippen LogP contribution in [0.1, 0.15) is 28.8 Å². The summed E-state index contributed by atoms with van der Waals surface area (Å²) in [7, 11) is 0. The van der Waals surface area contributed by atoms with E-state index in [4.69, 9.17) is 11.6 Å². The number of halogens is 4. The van der Waals surface area contributed by atoms with Crippen molar-refractivity contribution in [2.75, 3.05) is 0 Å². The van der Waals surface area contributed by atoms with Crippen LogP contribution in [0.2, 0.25) is 5.02 Å². The van der Waals surface area contributed by atoms with E-state index in [1.807, 2.05) is 6.92 Å². The van der Waals surface area contributed by atoms with Gasteiger partial charge in [0.2, 0.25) is 0 Å². The van der Waals surface area contributed by atoms with Gasteiger partial charge in [-0.05, 0) is 19.1 Å². The Hall–Kier alpha value is -2.62. The molecule has 25 heavy (non-hydrogen) atoms. The standard InChI is InChI=1S/C14H12ClF3N6O/c1-2-23-7-9(15)11(22-23)13(25)19-6-10-20-21-12-8(14(16,17)18)4-3-5-24(10)12/h3-5,7H,2,6H2,1H3,(H,19,25). The Morgan fingerprint density at radius 3 is 2.76 bits per heavy atom. The maximum Gasteiger partial charge on any atom is 0.420 e. The molecule has 0 aliphatic heterocycles. The van der Waals surface area contributed by atoms with E-state index in [1.165, 1.54) is 27.5 Å². The van der Waals surface area contributed by atoms with Crippen LogP contribution in [0.25, 0.3) is 5.65 Å². The molecule has 1 N–H and O–H groups in total. The molecule has 0 saturated carbocycles. The van der Waals surface area contributed by atoms with E-state index in [1.54, 1.807) is 0 Å². The van der Waals surface area contributed by atoms with Gasteiger partial charge in [0.15, 0.2) is 17.2 Å². The van der Waals surface area contributed by atoms with Gasteiger partial charge < -0.3 is 5.32 Å². The van der Waals surface area contributed by atoms with Crippen LogP contribution in [-0.4, -0.2) is 30.3 Å². The van der Waals surface area contributed by atoms with Crippen LogP contribution < -0.4 is 5.32 Å². The zero-order valence-electron chi connectivity index (χ0n) is 12.9. The van der Waals surface area contributed by atoms with E-state index < -0.39 is 17.6 Å². The van der Waals surface area contributed by atoms with Crippen molar-refractivity contribution in [2.24, 2.45) is 0 Å². The lowest BCUT2D eigenvalue weighted by atomic mass is 10.2. The highest BCUT2D eigenvalue weighted by atomic mass is 35.5. The van der Waals surface area contributed by atoms with Gasteiger partial charge in [0.05, 0.1) is 11.6 Å². The summed E-state index contributed by atoms with van der Waals surface area (Å²) in [6, 6.07) is 2.16. The molecular formula is C14H12ClF3N6O. The fourth-order valence-electron chi connectivity index (χ4n) is 2.26. The molecule has 0 spiro atoms. The molecule has 0 saturated heterocycles. The molecule has 0 bridgehead atoms. The molecular weight excluding hydrogens is 361 g/mol. The van der Waals surface area contributed by atoms with E-state index >= 15 is 0 Å². The Balaban J connectivity index is 1.82. The lowest BCUT2D eigenvalue weighted by Gasteiger charge is -2.07. The van der Waals surface area contributed by atoms with Crippen LogP contribution in [0, 0.1) is 0 Å². The Kier molecular flexibility index (Phi) is 4.38. The number of pyridine rings is 1. The number of alkyl halides is 3. The molecule has 0 fully saturated rings. The number of aryl methyl sites for hydroxylation is 1. The molecule has 0 aromatic carbocycles. The molecule has 3 rings (SSSR count). The maximum atomic E-state index is 13.0. The molecule has 0 radical (unpaired) electrons. The summed E-state index contributed by atoms with van der Waals surface area (Å²) in [6.07, 6.45) is -1.64. The Morgan fingerprint density at radius 2 is 2.12 bits per heavy atom. The van der Waals surface area contributed by atoms with Crippen molar-refractivity contribution in [1.29, 1.82) is 0 Å². The van der Waals surface area contributed by atoms with Crippen molar-refractivity contribution < 1.29 is 18.0 Å².